The van der Waals surface area contributed by atoms with Crippen LogP contribution in [0.2, 0.25) is 0 Å². The van der Waals surface area contributed by atoms with Gasteiger partial charge in [0.1, 0.15) is 0 Å². The summed E-state index contributed by atoms with van der Waals surface area (Å²) in [5, 5.41) is 0. The molecule has 0 aromatic heterocycles. The highest BCUT2D eigenvalue weighted by Crippen LogP contribution is 2.24. The largest absolute Gasteiger partial charge is 0.301 e. The number of likely N-dealkylation sites (N-methyl/N-ethyl adjacent to an activating group) is 1. The molecule has 2 heteroatoms. The van der Waals surface area contributed by atoms with Crippen molar-refractivity contribution in [3.63, 3.8) is 0 Å². The van der Waals surface area contributed by atoms with Crippen molar-refractivity contribution in [1.29, 1.82) is 0 Å². The SMILES string of the molecule is CCN1CCN(C2CCCC2)CC1. The van der Waals surface area contributed by atoms with Crippen molar-refractivity contribution in [3.05, 3.63) is 0 Å². The zero-order chi connectivity index (χ0) is 9.10. The standard InChI is InChI=1S/C11H22N2/c1-2-12-7-9-13(10-8-12)11-5-3-4-6-11/h11H,2-10H2,1H3. The number of piperazine rings is 1. The minimum absolute atomic E-state index is 0.944. The van der Waals surface area contributed by atoms with Gasteiger partial charge in [-0.25, -0.2) is 0 Å². The molecule has 2 fully saturated rings. The fraction of sp³-hybridized carbons (Fsp3) is 1.00. The van der Waals surface area contributed by atoms with Crippen molar-refractivity contribution < 1.29 is 0 Å². The van der Waals surface area contributed by atoms with Gasteiger partial charge in [-0.05, 0) is 19.4 Å². The second kappa shape index (κ2) is 4.43. The Bertz CT molecular complexity index is 144. The number of rotatable bonds is 2. The van der Waals surface area contributed by atoms with Gasteiger partial charge in [-0.1, -0.05) is 19.8 Å². The molecular formula is C11H22N2. The van der Waals surface area contributed by atoms with E-state index in [0.717, 1.165) is 6.04 Å². The summed E-state index contributed by atoms with van der Waals surface area (Å²) < 4.78 is 0. The van der Waals surface area contributed by atoms with Gasteiger partial charge in [0.25, 0.3) is 0 Å². The molecule has 13 heavy (non-hydrogen) atoms. The summed E-state index contributed by atoms with van der Waals surface area (Å²) in [7, 11) is 0. The van der Waals surface area contributed by atoms with Crippen molar-refractivity contribution >= 4 is 0 Å². The monoisotopic (exact) mass is 182 g/mol. The molecule has 76 valence electrons. The summed E-state index contributed by atoms with van der Waals surface area (Å²) >= 11 is 0. The molecule has 2 nitrogen and oxygen atoms in total. The van der Waals surface area contributed by atoms with Crippen LogP contribution in [-0.2, 0) is 0 Å². The van der Waals surface area contributed by atoms with E-state index in [2.05, 4.69) is 16.7 Å². The van der Waals surface area contributed by atoms with Crippen LogP contribution >= 0.6 is 0 Å². The second-order valence-electron chi connectivity index (χ2n) is 4.41. The van der Waals surface area contributed by atoms with Crippen LogP contribution in [0.5, 0.6) is 0 Å². The molecule has 1 saturated heterocycles. The van der Waals surface area contributed by atoms with Crippen molar-refractivity contribution in [2.75, 3.05) is 32.7 Å². The van der Waals surface area contributed by atoms with Gasteiger partial charge in [-0.15, -0.1) is 0 Å². The highest BCUT2D eigenvalue weighted by Gasteiger charge is 2.25. The third-order valence-corrected chi connectivity index (χ3v) is 3.70. The van der Waals surface area contributed by atoms with Crippen LogP contribution in [-0.4, -0.2) is 48.6 Å². The third-order valence-electron chi connectivity index (χ3n) is 3.70. The summed E-state index contributed by atoms with van der Waals surface area (Å²) in [6.45, 7) is 8.74. The van der Waals surface area contributed by atoms with Gasteiger partial charge in [-0.2, -0.15) is 0 Å². The van der Waals surface area contributed by atoms with E-state index in [4.69, 9.17) is 0 Å². The van der Waals surface area contributed by atoms with Crippen molar-refractivity contribution in [1.82, 2.24) is 9.80 Å². The van der Waals surface area contributed by atoms with Crippen LogP contribution in [0.4, 0.5) is 0 Å². The van der Waals surface area contributed by atoms with Crippen LogP contribution in [0.25, 0.3) is 0 Å². The molecule has 2 rings (SSSR count). The number of hydrogen-bond acceptors (Lipinski definition) is 2. The van der Waals surface area contributed by atoms with Gasteiger partial charge in [-0.3, -0.25) is 4.90 Å². The maximum Gasteiger partial charge on any atom is 0.0113 e. The first-order chi connectivity index (χ1) is 6.40. The molecule has 0 radical (unpaired) electrons. The molecule has 1 heterocycles. The Morgan fingerprint density at radius 1 is 1.00 bits per heavy atom. The minimum Gasteiger partial charge on any atom is -0.301 e. The Balaban J connectivity index is 1.77. The van der Waals surface area contributed by atoms with Crippen LogP contribution in [0, 0.1) is 0 Å². The van der Waals surface area contributed by atoms with E-state index in [1.165, 1.54) is 58.4 Å². The van der Waals surface area contributed by atoms with E-state index >= 15 is 0 Å². The second-order valence-corrected chi connectivity index (χ2v) is 4.41. The van der Waals surface area contributed by atoms with Gasteiger partial charge in [0.15, 0.2) is 0 Å². The van der Waals surface area contributed by atoms with E-state index in [9.17, 15) is 0 Å². The Morgan fingerprint density at radius 2 is 1.62 bits per heavy atom. The van der Waals surface area contributed by atoms with Gasteiger partial charge in [0.05, 0.1) is 0 Å². The molecule has 0 N–H and O–H groups in total. The lowest BCUT2D eigenvalue weighted by Gasteiger charge is -2.37. The van der Waals surface area contributed by atoms with Gasteiger partial charge >= 0.3 is 0 Å². The summed E-state index contributed by atoms with van der Waals surface area (Å²) in [5.74, 6) is 0. The molecule has 0 aromatic carbocycles. The van der Waals surface area contributed by atoms with Crippen LogP contribution < -0.4 is 0 Å². The molecule has 0 atom stereocenters. The number of nitrogens with zero attached hydrogens (tertiary/aromatic N) is 2. The van der Waals surface area contributed by atoms with Gasteiger partial charge < -0.3 is 4.90 Å². The third kappa shape index (κ3) is 2.23. The first kappa shape index (κ1) is 9.47. The molecule has 0 aromatic rings. The minimum atomic E-state index is 0.944. The molecule has 0 unspecified atom stereocenters. The molecule has 1 aliphatic carbocycles. The van der Waals surface area contributed by atoms with E-state index in [0.29, 0.717) is 0 Å². The first-order valence-electron chi connectivity index (χ1n) is 5.86. The Morgan fingerprint density at radius 3 is 2.15 bits per heavy atom. The zero-order valence-electron chi connectivity index (χ0n) is 8.84. The van der Waals surface area contributed by atoms with E-state index < -0.39 is 0 Å². The maximum atomic E-state index is 2.72. The molecule has 0 spiro atoms. The molecule has 0 bridgehead atoms. The van der Waals surface area contributed by atoms with Crippen molar-refractivity contribution in [2.45, 2.75) is 38.6 Å². The van der Waals surface area contributed by atoms with Crippen LogP contribution in [0.3, 0.4) is 0 Å². The fourth-order valence-corrected chi connectivity index (χ4v) is 2.71. The lowest BCUT2D eigenvalue weighted by atomic mass is 10.2. The van der Waals surface area contributed by atoms with E-state index in [1.54, 1.807) is 0 Å². The highest BCUT2D eigenvalue weighted by molar-refractivity contribution is 4.81. The Kier molecular flexibility index (Phi) is 3.23. The predicted molar refractivity (Wildman–Crippen MR) is 55.9 cm³/mol. The first-order valence-corrected chi connectivity index (χ1v) is 5.86. The summed E-state index contributed by atoms with van der Waals surface area (Å²) in [4.78, 5) is 5.28. The fourth-order valence-electron chi connectivity index (χ4n) is 2.71. The molecular weight excluding hydrogens is 160 g/mol. The average molecular weight is 182 g/mol. The van der Waals surface area contributed by atoms with Crippen molar-refractivity contribution in [2.24, 2.45) is 0 Å². The van der Waals surface area contributed by atoms with E-state index in [1.807, 2.05) is 0 Å². The molecule has 1 aliphatic heterocycles. The normalized spacial score (nSPS) is 28.4. The predicted octanol–water partition coefficient (Wildman–Crippen LogP) is 1.57. The summed E-state index contributed by atoms with van der Waals surface area (Å²) in [6, 6.07) is 0.944. The summed E-state index contributed by atoms with van der Waals surface area (Å²) in [6.07, 6.45) is 5.87. The molecule has 2 aliphatic rings. The Labute approximate surface area is 81.9 Å². The highest BCUT2D eigenvalue weighted by atomic mass is 15.3. The number of hydrogen-bond donors (Lipinski definition) is 0. The zero-order valence-corrected chi connectivity index (χ0v) is 8.84. The topological polar surface area (TPSA) is 6.48 Å². The Hall–Kier alpha value is -0.0800. The molecule has 0 amide bonds. The lowest BCUT2D eigenvalue weighted by Crippen LogP contribution is -2.49. The van der Waals surface area contributed by atoms with Crippen molar-refractivity contribution in [3.8, 4) is 0 Å². The summed E-state index contributed by atoms with van der Waals surface area (Å²) in [5.41, 5.74) is 0. The smallest absolute Gasteiger partial charge is 0.0113 e. The lowest BCUT2D eigenvalue weighted by molar-refractivity contribution is 0.101. The quantitative estimate of drug-likeness (QED) is 0.639. The van der Waals surface area contributed by atoms with Crippen LogP contribution in [0.15, 0.2) is 0 Å². The average Bonchev–Trinajstić information content (AvgIpc) is 2.71. The van der Waals surface area contributed by atoms with Crippen LogP contribution in [0.1, 0.15) is 32.6 Å². The van der Waals surface area contributed by atoms with Gasteiger partial charge in [0, 0.05) is 32.2 Å². The molecule has 1 saturated carbocycles. The van der Waals surface area contributed by atoms with E-state index in [-0.39, 0.29) is 0 Å². The van der Waals surface area contributed by atoms with Gasteiger partial charge in [0.2, 0.25) is 0 Å². The maximum absolute atomic E-state index is 2.72.